The second-order valence-corrected chi connectivity index (χ2v) is 7.24. The topological polar surface area (TPSA) is 49.4 Å². The van der Waals surface area contributed by atoms with Gasteiger partial charge in [0.1, 0.15) is 6.04 Å². The SMILES string of the molecule is Cc1cccc(C(C)C)c1NC(=O)C1CCC(=O)N1Cc1ccccc1. The van der Waals surface area contributed by atoms with Crippen molar-refractivity contribution in [2.24, 2.45) is 0 Å². The Morgan fingerprint density at radius 1 is 1.15 bits per heavy atom. The summed E-state index contributed by atoms with van der Waals surface area (Å²) in [6.07, 6.45) is 0.996. The number of nitrogens with one attached hydrogen (secondary N) is 1. The minimum atomic E-state index is -0.415. The molecule has 26 heavy (non-hydrogen) atoms. The van der Waals surface area contributed by atoms with E-state index in [1.54, 1.807) is 4.90 Å². The van der Waals surface area contributed by atoms with E-state index in [0.29, 0.717) is 25.3 Å². The molecule has 1 saturated heterocycles. The normalized spacial score (nSPS) is 17.0. The van der Waals surface area contributed by atoms with Gasteiger partial charge in [-0.3, -0.25) is 9.59 Å². The predicted molar refractivity (Wildman–Crippen MR) is 104 cm³/mol. The van der Waals surface area contributed by atoms with E-state index in [9.17, 15) is 9.59 Å². The van der Waals surface area contributed by atoms with Crippen LogP contribution in [0.1, 0.15) is 49.3 Å². The molecule has 1 aliphatic heterocycles. The van der Waals surface area contributed by atoms with Crippen molar-refractivity contribution in [2.75, 3.05) is 5.32 Å². The number of hydrogen-bond acceptors (Lipinski definition) is 2. The lowest BCUT2D eigenvalue weighted by Crippen LogP contribution is -2.41. The molecule has 0 radical (unpaired) electrons. The Bertz CT molecular complexity index is 799. The van der Waals surface area contributed by atoms with Crippen LogP contribution in [0.5, 0.6) is 0 Å². The fraction of sp³-hybridized carbons (Fsp3) is 0.364. The molecule has 1 fully saturated rings. The number of likely N-dealkylation sites (tertiary alicyclic amines) is 1. The van der Waals surface area contributed by atoms with Gasteiger partial charge in [-0.1, -0.05) is 62.4 Å². The predicted octanol–water partition coefficient (Wildman–Crippen LogP) is 4.25. The van der Waals surface area contributed by atoms with Crippen molar-refractivity contribution in [3.05, 3.63) is 65.2 Å². The van der Waals surface area contributed by atoms with Crippen molar-refractivity contribution in [2.45, 2.75) is 52.1 Å². The Kier molecular flexibility index (Phi) is 5.40. The number of rotatable bonds is 5. The Hall–Kier alpha value is -2.62. The third-order valence-electron chi connectivity index (χ3n) is 5.00. The van der Waals surface area contributed by atoms with Gasteiger partial charge in [-0.25, -0.2) is 0 Å². The molecule has 0 aromatic heterocycles. The standard InChI is InChI=1S/C22H26N2O2/c1-15(2)18-11-7-8-16(3)21(18)23-22(26)19-12-13-20(25)24(19)14-17-9-5-4-6-10-17/h4-11,15,19H,12-14H2,1-3H3,(H,23,26). The average Bonchev–Trinajstić information content (AvgIpc) is 2.98. The number of aryl methyl sites for hydroxylation is 1. The van der Waals surface area contributed by atoms with Crippen LogP contribution in [-0.2, 0) is 16.1 Å². The summed E-state index contributed by atoms with van der Waals surface area (Å²) < 4.78 is 0. The molecule has 4 heteroatoms. The molecule has 1 heterocycles. The monoisotopic (exact) mass is 350 g/mol. The molecule has 1 N–H and O–H groups in total. The maximum absolute atomic E-state index is 13.0. The Labute approximate surface area is 155 Å². The summed E-state index contributed by atoms with van der Waals surface area (Å²) in [7, 11) is 0. The van der Waals surface area contributed by atoms with Crippen molar-refractivity contribution >= 4 is 17.5 Å². The summed E-state index contributed by atoms with van der Waals surface area (Å²) in [4.78, 5) is 27.0. The number of hydrogen-bond donors (Lipinski definition) is 1. The van der Waals surface area contributed by atoms with Crippen molar-refractivity contribution < 1.29 is 9.59 Å². The number of amides is 2. The minimum absolute atomic E-state index is 0.0443. The maximum Gasteiger partial charge on any atom is 0.247 e. The molecule has 0 spiro atoms. The number of anilines is 1. The molecule has 1 atom stereocenters. The summed E-state index contributed by atoms with van der Waals surface area (Å²) in [5.74, 6) is 0.265. The van der Waals surface area contributed by atoms with Gasteiger partial charge in [0.25, 0.3) is 0 Å². The Morgan fingerprint density at radius 3 is 2.58 bits per heavy atom. The molecule has 2 aromatic carbocycles. The molecule has 1 unspecified atom stereocenters. The van der Waals surface area contributed by atoms with Crippen LogP contribution in [0.4, 0.5) is 5.69 Å². The first-order chi connectivity index (χ1) is 12.5. The number of nitrogens with zero attached hydrogens (tertiary/aromatic N) is 1. The van der Waals surface area contributed by atoms with E-state index >= 15 is 0 Å². The number of carbonyl (C=O) groups excluding carboxylic acids is 2. The van der Waals surface area contributed by atoms with Crippen LogP contribution in [-0.4, -0.2) is 22.8 Å². The molecule has 2 amide bonds. The first-order valence-corrected chi connectivity index (χ1v) is 9.21. The van der Waals surface area contributed by atoms with Crippen LogP contribution in [0.3, 0.4) is 0 Å². The van der Waals surface area contributed by atoms with Crippen molar-refractivity contribution in [3.63, 3.8) is 0 Å². The zero-order valence-corrected chi connectivity index (χ0v) is 15.7. The second kappa shape index (κ2) is 7.73. The van der Waals surface area contributed by atoms with E-state index in [4.69, 9.17) is 0 Å². The van der Waals surface area contributed by atoms with Gasteiger partial charge in [0.15, 0.2) is 0 Å². The highest BCUT2D eigenvalue weighted by atomic mass is 16.2. The van der Waals surface area contributed by atoms with Gasteiger partial charge in [-0.05, 0) is 36.0 Å². The molecule has 0 aliphatic carbocycles. The smallest absolute Gasteiger partial charge is 0.247 e. The van der Waals surface area contributed by atoms with E-state index < -0.39 is 6.04 Å². The molecule has 136 valence electrons. The number of para-hydroxylation sites is 1. The molecular formula is C22H26N2O2. The fourth-order valence-corrected chi connectivity index (χ4v) is 3.53. The Balaban J connectivity index is 1.80. The largest absolute Gasteiger partial charge is 0.326 e. The summed E-state index contributed by atoms with van der Waals surface area (Å²) in [5.41, 5.74) is 4.09. The second-order valence-electron chi connectivity index (χ2n) is 7.24. The lowest BCUT2D eigenvalue weighted by molar-refractivity contribution is -0.133. The molecule has 0 saturated carbocycles. The van der Waals surface area contributed by atoms with Crippen LogP contribution >= 0.6 is 0 Å². The summed E-state index contributed by atoms with van der Waals surface area (Å²) in [6, 6.07) is 15.5. The van der Waals surface area contributed by atoms with E-state index in [1.165, 1.54) is 0 Å². The van der Waals surface area contributed by atoms with Gasteiger partial charge in [0.2, 0.25) is 11.8 Å². The minimum Gasteiger partial charge on any atom is -0.326 e. The van der Waals surface area contributed by atoms with E-state index in [1.807, 2.05) is 49.4 Å². The summed E-state index contributed by atoms with van der Waals surface area (Å²) in [6.45, 7) is 6.71. The third-order valence-corrected chi connectivity index (χ3v) is 5.00. The molecule has 2 aromatic rings. The van der Waals surface area contributed by atoms with Crippen LogP contribution in [0, 0.1) is 6.92 Å². The zero-order chi connectivity index (χ0) is 18.7. The van der Waals surface area contributed by atoms with Gasteiger partial charge in [0, 0.05) is 18.7 Å². The van der Waals surface area contributed by atoms with Gasteiger partial charge in [0.05, 0.1) is 0 Å². The molecule has 1 aliphatic rings. The van der Waals surface area contributed by atoms with Crippen molar-refractivity contribution in [3.8, 4) is 0 Å². The molecular weight excluding hydrogens is 324 g/mol. The van der Waals surface area contributed by atoms with Crippen LogP contribution in [0.15, 0.2) is 48.5 Å². The van der Waals surface area contributed by atoms with Gasteiger partial charge in [-0.2, -0.15) is 0 Å². The van der Waals surface area contributed by atoms with Gasteiger partial charge < -0.3 is 10.2 Å². The lowest BCUT2D eigenvalue weighted by Gasteiger charge is -2.25. The highest BCUT2D eigenvalue weighted by molar-refractivity contribution is 6.00. The quantitative estimate of drug-likeness (QED) is 0.876. The first-order valence-electron chi connectivity index (χ1n) is 9.21. The highest BCUT2D eigenvalue weighted by Crippen LogP contribution is 2.29. The number of benzene rings is 2. The first kappa shape index (κ1) is 18.2. The molecule has 0 bridgehead atoms. The lowest BCUT2D eigenvalue weighted by atomic mass is 9.98. The van der Waals surface area contributed by atoms with E-state index in [-0.39, 0.29) is 11.8 Å². The third kappa shape index (κ3) is 3.79. The van der Waals surface area contributed by atoms with E-state index in [2.05, 4.69) is 25.2 Å². The van der Waals surface area contributed by atoms with Crippen LogP contribution < -0.4 is 5.32 Å². The Morgan fingerprint density at radius 2 is 1.88 bits per heavy atom. The van der Waals surface area contributed by atoms with Gasteiger partial charge in [-0.15, -0.1) is 0 Å². The molecule has 3 rings (SSSR count). The zero-order valence-electron chi connectivity index (χ0n) is 15.7. The van der Waals surface area contributed by atoms with Crippen LogP contribution in [0.2, 0.25) is 0 Å². The number of carbonyl (C=O) groups is 2. The van der Waals surface area contributed by atoms with Crippen LogP contribution in [0.25, 0.3) is 0 Å². The summed E-state index contributed by atoms with van der Waals surface area (Å²) in [5, 5.41) is 3.11. The molecule has 4 nitrogen and oxygen atoms in total. The van der Waals surface area contributed by atoms with Crippen molar-refractivity contribution in [1.29, 1.82) is 0 Å². The van der Waals surface area contributed by atoms with E-state index in [0.717, 1.165) is 22.4 Å². The average molecular weight is 350 g/mol. The van der Waals surface area contributed by atoms with Crippen molar-refractivity contribution in [1.82, 2.24) is 4.90 Å². The highest BCUT2D eigenvalue weighted by Gasteiger charge is 2.36. The summed E-state index contributed by atoms with van der Waals surface area (Å²) >= 11 is 0. The maximum atomic E-state index is 13.0. The van der Waals surface area contributed by atoms with Gasteiger partial charge >= 0.3 is 0 Å². The fourth-order valence-electron chi connectivity index (χ4n) is 3.53.